The number of anilines is 2. The van der Waals surface area contributed by atoms with Crippen LogP contribution in [-0.2, 0) is 7.05 Å². The van der Waals surface area contributed by atoms with Crippen LogP contribution in [0.15, 0.2) is 41.5 Å². The number of H-pyrrole nitrogens is 1. The number of pyridine rings is 2. The fraction of sp³-hybridized carbons (Fsp3) is 0.300. The lowest BCUT2D eigenvalue weighted by Gasteiger charge is -2.05. The maximum atomic E-state index is 11.5. The van der Waals surface area contributed by atoms with Crippen LogP contribution < -0.4 is 16.2 Å². The highest BCUT2D eigenvalue weighted by molar-refractivity contribution is 7.21. The van der Waals surface area contributed by atoms with Crippen LogP contribution in [0.4, 0.5) is 11.6 Å². The molecule has 150 valence electrons. The fourth-order valence-electron chi connectivity index (χ4n) is 3.11. The van der Waals surface area contributed by atoms with Gasteiger partial charge in [-0.15, -0.1) is 11.3 Å². The zero-order valence-corrected chi connectivity index (χ0v) is 17.2. The summed E-state index contributed by atoms with van der Waals surface area (Å²) in [7, 11) is 1.89. The summed E-state index contributed by atoms with van der Waals surface area (Å²) in [5.74, 6) is 1.24. The molecule has 0 unspecified atom stereocenters. The molecule has 1 saturated heterocycles. The maximum absolute atomic E-state index is 11.5. The van der Waals surface area contributed by atoms with Gasteiger partial charge in [0.25, 0.3) is 0 Å². The van der Waals surface area contributed by atoms with E-state index in [0.717, 1.165) is 26.5 Å². The van der Waals surface area contributed by atoms with Gasteiger partial charge < -0.3 is 15.6 Å². The van der Waals surface area contributed by atoms with E-state index < -0.39 is 0 Å². The highest BCUT2D eigenvalue weighted by Crippen LogP contribution is 2.30. The molecule has 0 aliphatic carbocycles. The van der Waals surface area contributed by atoms with Gasteiger partial charge in [-0.25, -0.2) is 9.97 Å². The summed E-state index contributed by atoms with van der Waals surface area (Å²) in [5, 5.41) is 11.4. The molecule has 4 aromatic rings. The van der Waals surface area contributed by atoms with E-state index in [4.69, 9.17) is 0 Å². The number of nitrogens with one attached hydrogen (secondary N) is 3. The van der Waals surface area contributed by atoms with E-state index in [2.05, 4.69) is 30.7 Å². The monoisotopic (exact) mass is 409 g/mol. The molecule has 4 aromatic heterocycles. The minimum Gasteiger partial charge on any atom is -0.326 e. The molecule has 0 radical (unpaired) electrons. The van der Waals surface area contributed by atoms with Gasteiger partial charge in [0.15, 0.2) is 0 Å². The van der Waals surface area contributed by atoms with Crippen LogP contribution >= 0.6 is 11.3 Å². The van der Waals surface area contributed by atoms with Crippen molar-refractivity contribution in [2.75, 3.05) is 18.4 Å². The van der Waals surface area contributed by atoms with Crippen LogP contribution in [0.3, 0.4) is 0 Å². The summed E-state index contributed by atoms with van der Waals surface area (Å²) in [4.78, 5) is 23.3. The Hall–Kier alpha value is -3.04. The van der Waals surface area contributed by atoms with Crippen molar-refractivity contribution in [1.29, 1.82) is 0 Å². The summed E-state index contributed by atoms with van der Waals surface area (Å²) in [5.41, 5.74) is 2.55. The van der Waals surface area contributed by atoms with Gasteiger partial charge in [-0.2, -0.15) is 5.10 Å². The quantitative estimate of drug-likeness (QED) is 0.480. The Morgan fingerprint density at radius 1 is 1.21 bits per heavy atom. The molecule has 5 rings (SSSR count). The Labute approximate surface area is 172 Å². The van der Waals surface area contributed by atoms with Crippen molar-refractivity contribution in [1.82, 2.24) is 30.0 Å². The van der Waals surface area contributed by atoms with Crippen molar-refractivity contribution in [3.05, 3.63) is 52.6 Å². The van der Waals surface area contributed by atoms with Crippen molar-refractivity contribution in [3.63, 3.8) is 0 Å². The van der Waals surface area contributed by atoms with Crippen molar-refractivity contribution >= 4 is 33.2 Å². The standard InChI is InChI=1S/C16H14N6OS.C4H9N/c1-9-5-14(21-15(23)6-9)20-13-7-10-12(8-17-13)24-16(19-10)11-3-4-18-22(11)2;1-2-4-5-3-1/h3-8H,1-2H3,(H2,17,20,21,23);5H,1-4H2. The molecular formula is C20H23N7OS. The van der Waals surface area contributed by atoms with E-state index >= 15 is 0 Å². The van der Waals surface area contributed by atoms with Crippen molar-refractivity contribution < 1.29 is 0 Å². The van der Waals surface area contributed by atoms with E-state index in [1.54, 1.807) is 34.5 Å². The highest BCUT2D eigenvalue weighted by Gasteiger charge is 2.10. The average Bonchev–Trinajstić information content (AvgIpc) is 3.43. The van der Waals surface area contributed by atoms with Crippen molar-refractivity contribution in [2.24, 2.45) is 7.05 Å². The van der Waals surface area contributed by atoms with Gasteiger partial charge in [-0.3, -0.25) is 9.48 Å². The molecule has 0 saturated carbocycles. The molecule has 0 amide bonds. The molecule has 5 heterocycles. The maximum Gasteiger partial charge on any atom is 0.249 e. The van der Waals surface area contributed by atoms with E-state index in [1.807, 2.05) is 32.2 Å². The lowest BCUT2D eigenvalue weighted by molar-refractivity contribution is 0.775. The zero-order valence-electron chi connectivity index (χ0n) is 16.4. The Balaban J connectivity index is 0.000000359. The predicted octanol–water partition coefficient (Wildman–Crippen LogP) is 3.20. The Kier molecular flexibility index (Phi) is 5.68. The number of hydrogen-bond donors (Lipinski definition) is 3. The Morgan fingerprint density at radius 3 is 2.69 bits per heavy atom. The molecule has 29 heavy (non-hydrogen) atoms. The molecule has 8 nitrogen and oxygen atoms in total. The third-order valence-corrected chi connectivity index (χ3v) is 5.55. The minimum atomic E-state index is -0.147. The van der Waals surface area contributed by atoms with Crippen LogP contribution in [0.5, 0.6) is 0 Å². The SMILES string of the molecule is C1CCNC1.Cc1cc(Nc2cc3nc(-c4ccnn4C)sc3cn2)[nH]c(=O)c1. The molecule has 1 aliphatic heterocycles. The van der Waals surface area contributed by atoms with E-state index in [1.165, 1.54) is 25.9 Å². The molecule has 9 heteroatoms. The number of aromatic amines is 1. The number of rotatable bonds is 3. The molecule has 0 spiro atoms. The van der Waals surface area contributed by atoms with E-state index in [9.17, 15) is 4.79 Å². The third-order valence-electron chi connectivity index (χ3n) is 4.52. The summed E-state index contributed by atoms with van der Waals surface area (Å²) in [6.07, 6.45) is 6.31. The predicted molar refractivity (Wildman–Crippen MR) is 117 cm³/mol. The third kappa shape index (κ3) is 4.69. The van der Waals surface area contributed by atoms with Gasteiger partial charge in [0, 0.05) is 31.6 Å². The second-order valence-electron chi connectivity index (χ2n) is 6.91. The first-order valence-electron chi connectivity index (χ1n) is 9.52. The fourth-order valence-corrected chi connectivity index (χ4v) is 4.08. The van der Waals surface area contributed by atoms with Crippen LogP contribution in [-0.4, -0.2) is 37.8 Å². The lowest BCUT2D eigenvalue weighted by Crippen LogP contribution is -2.08. The Bertz CT molecular complexity index is 1170. The number of aromatic nitrogens is 5. The molecule has 0 atom stereocenters. The van der Waals surface area contributed by atoms with Crippen LogP contribution in [0.25, 0.3) is 20.9 Å². The molecule has 0 aromatic carbocycles. The number of nitrogens with zero attached hydrogens (tertiary/aromatic N) is 4. The topological polar surface area (TPSA) is 101 Å². The van der Waals surface area contributed by atoms with Gasteiger partial charge in [0.05, 0.1) is 15.9 Å². The zero-order chi connectivity index (χ0) is 20.2. The summed E-state index contributed by atoms with van der Waals surface area (Å²) >= 11 is 1.57. The average molecular weight is 410 g/mol. The van der Waals surface area contributed by atoms with Crippen LogP contribution in [0.1, 0.15) is 18.4 Å². The van der Waals surface area contributed by atoms with Crippen molar-refractivity contribution in [3.8, 4) is 10.7 Å². The number of fused-ring (bicyclic) bond motifs is 1. The second-order valence-corrected chi connectivity index (χ2v) is 7.94. The van der Waals surface area contributed by atoms with Gasteiger partial charge in [0.1, 0.15) is 16.6 Å². The molecular weight excluding hydrogens is 386 g/mol. The first kappa shape index (κ1) is 19.3. The summed E-state index contributed by atoms with van der Waals surface area (Å²) < 4.78 is 2.79. The molecule has 1 aliphatic rings. The van der Waals surface area contributed by atoms with Crippen molar-refractivity contribution in [2.45, 2.75) is 19.8 Å². The molecule has 3 N–H and O–H groups in total. The van der Waals surface area contributed by atoms with Crippen LogP contribution in [0.2, 0.25) is 0 Å². The highest BCUT2D eigenvalue weighted by atomic mass is 32.1. The second kappa shape index (κ2) is 8.54. The molecule has 1 fully saturated rings. The summed E-state index contributed by atoms with van der Waals surface area (Å²) in [6, 6.07) is 7.20. The lowest BCUT2D eigenvalue weighted by atomic mass is 10.3. The van der Waals surface area contributed by atoms with E-state index in [0.29, 0.717) is 11.6 Å². The number of thiazole rings is 1. The smallest absolute Gasteiger partial charge is 0.249 e. The van der Waals surface area contributed by atoms with E-state index in [-0.39, 0.29) is 5.56 Å². The Morgan fingerprint density at radius 2 is 2.03 bits per heavy atom. The first-order chi connectivity index (χ1) is 14.1. The van der Waals surface area contributed by atoms with Crippen LogP contribution in [0, 0.1) is 6.92 Å². The first-order valence-corrected chi connectivity index (χ1v) is 10.3. The van der Waals surface area contributed by atoms with Gasteiger partial charge >= 0.3 is 0 Å². The summed E-state index contributed by atoms with van der Waals surface area (Å²) in [6.45, 7) is 4.37. The normalized spacial score (nSPS) is 13.3. The number of aryl methyl sites for hydroxylation is 2. The van der Waals surface area contributed by atoms with Gasteiger partial charge in [0.2, 0.25) is 5.56 Å². The van der Waals surface area contributed by atoms with Gasteiger partial charge in [-0.1, -0.05) is 0 Å². The van der Waals surface area contributed by atoms with Gasteiger partial charge in [-0.05, 0) is 50.6 Å². The largest absolute Gasteiger partial charge is 0.326 e. The number of hydrogen-bond acceptors (Lipinski definition) is 7. The minimum absolute atomic E-state index is 0.147. The molecule has 0 bridgehead atoms.